The number of aromatic hydroxyl groups is 1. The number of benzene rings is 2. The van der Waals surface area contributed by atoms with Crippen LogP contribution in [0.4, 0.5) is 0 Å². The second kappa shape index (κ2) is 7.69. The molecule has 0 saturated heterocycles. The molecule has 8 nitrogen and oxygen atoms in total. The van der Waals surface area contributed by atoms with Gasteiger partial charge in [0, 0.05) is 6.07 Å². The van der Waals surface area contributed by atoms with Gasteiger partial charge in [-0.15, -0.1) is 10.2 Å². The van der Waals surface area contributed by atoms with Gasteiger partial charge < -0.3 is 9.52 Å². The standard InChI is InChI=1S/C23H18N4O4S/c1-13-6-5-9-17(14(13)2)26-21(30)16-7-3-4-8-18(16)27-22(26)24-25-23(27)32-12-15-10-19(28)20(29)11-31-15/h3-11,29H,12H2,1-2H3. The second-order valence-corrected chi connectivity index (χ2v) is 8.32. The Hall–Kier alpha value is -3.85. The van der Waals surface area contributed by atoms with Gasteiger partial charge in [0.05, 0.1) is 22.3 Å². The van der Waals surface area contributed by atoms with Crippen LogP contribution in [-0.2, 0) is 5.75 Å². The molecule has 0 spiro atoms. The number of nitrogens with zero attached hydrogens (tertiary/aromatic N) is 4. The van der Waals surface area contributed by atoms with Crippen LogP contribution in [0.15, 0.2) is 74.0 Å². The maximum atomic E-state index is 13.5. The van der Waals surface area contributed by atoms with Crippen molar-refractivity contribution in [1.82, 2.24) is 19.2 Å². The van der Waals surface area contributed by atoms with Crippen molar-refractivity contribution in [3.05, 3.63) is 92.3 Å². The van der Waals surface area contributed by atoms with E-state index in [1.165, 1.54) is 17.8 Å². The molecule has 0 aliphatic heterocycles. The zero-order chi connectivity index (χ0) is 22.4. The number of hydrogen-bond acceptors (Lipinski definition) is 7. The molecule has 0 aliphatic carbocycles. The molecular weight excluding hydrogens is 428 g/mol. The third-order valence-corrected chi connectivity index (χ3v) is 6.37. The molecule has 0 atom stereocenters. The van der Waals surface area contributed by atoms with E-state index in [4.69, 9.17) is 4.42 Å². The van der Waals surface area contributed by atoms with Crippen LogP contribution < -0.4 is 11.0 Å². The summed E-state index contributed by atoms with van der Waals surface area (Å²) in [6, 6.07) is 14.4. The molecular formula is C23H18N4O4S. The van der Waals surface area contributed by atoms with Crippen LogP contribution in [0, 0.1) is 13.8 Å². The second-order valence-electron chi connectivity index (χ2n) is 7.38. The van der Waals surface area contributed by atoms with E-state index in [0.29, 0.717) is 33.4 Å². The van der Waals surface area contributed by atoms with Crippen LogP contribution in [0.3, 0.4) is 0 Å². The third kappa shape index (κ3) is 3.18. The largest absolute Gasteiger partial charge is 0.502 e. The lowest BCUT2D eigenvalue weighted by Gasteiger charge is -2.14. The molecule has 0 fully saturated rings. The van der Waals surface area contributed by atoms with E-state index in [0.717, 1.165) is 23.1 Å². The number of aromatic nitrogens is 4. The zero-order valence-electron chi connectivity index (χ0n) is 17.3. The summed E-state index contributed by atoms with van der Waals surface area (Å²) in [4.78, 5) is 25.2. The van der Waals surface area contributed by atoms with E-state index in [9.17, 15) is 14.7 Å². The maximum absolute atomic E-state index is 13.5. The number of thioether (sulfide) groups is 1. The van der Waals surface area contributed by atoms with Crippen molar-refractivity contribution < 1.29 is 9.52 Å². The van der Waals surface area contributed by atoms with Crippen LogP contribution in [0.1, 0.15) is 16.9 Å². The molecule has 5 aromatic rings. The number of fused-ring (bicyclic) bond motifs is 3. The van der Waals surface area contributed by atoms with Crippen molar-refractivity contribution in [3.63, 3.8) is 0 Å². The lowest BCUT2D eigenvalue weighted by atomic mass is 10.1. The summed E-state index contributed by atoms with van der Waals surface area (Å²) < 4.78 is 8.72. The van der Waals surface area contributed by atoms with Crippen LogP contribution in [0.25, 0.3) is 22.4 Å². The molecule has 5 rings (SSSR count). The van der Waals surface area contributed by atoms with E-state index in [2.05, 4.69) is 10.2 Å². The van der Waals surface area contributed by atoms with E-state index in [1.807, 2.05) is 54.6 Å². The minimum Gasteiger partial charge on any atom is -0.502 e. The monoisotopic (exact) mass is 446 g/mol. The molecule has 0 unspecified atom stereocenters. The Morgan fingerprint density at radius 2 is 1.88 bits per heavy atom. The molecule has 0 amide bonds. The van der Waals surface area contributed by atoms with Gasteiger partial charge in [0.25, 0.3) is 5.56 Å². The minimum atomic E-state index is -0.507. The van der Waals surface area contributed by atoms with Crippen molar-refractivity contribution in [2.75, 3.05) is 0 Å². The van der Waals surface area contributed by atoms with Gasteiger partial charge in [-0.2, -0.15) is 0 Å². The predicted molar refractivity (Wildman–Crippen MR) is 122 cm³/mol. The number of rotatable bonds is 4. The Labute approximate surface area is 185 Å². The van der Waals surface area contributed by atoms with Crippen molar-refractivity contribution in [2.45, 2.75) is 24.8 Å². The van der Waals surface area contributed by atoms with Crippen LogP contribution in [0.2, 0.25) is 0 Å². The van der Waals surface area contributed by atoms with Gasteiger partial charge in [0.1, 0.15) is 12.0 Å². The highest BCUT2D eigenvalue weighted by Gasteiger charge is 2.19. The molecule has 2 aromatic carbocycles. The Morgan fingerprint density at radius 1 is 1.06 bits per heavy atom. The van der Waals surface area contributed by atoms with E-state index in [1.54, 1.807) is 10.6 Å². The Kier molecular flexibility index (Phi) is 4.82. The van der Waals surface area contributed by atoms with E-state index in [-0.39, 0.29) is 5.56 Å². The average molecular weight is 446 g/mol. The minimum absolute atomic E-state index is 0.171. The summed E-state index contributed by atoms with van der Waals surface area (Å²) in [6.07, 6.45) is 1.02. The highest BCUT2D eigenvalue weighted by atomic mass is 32.2. The van der Waals surface area contributed by atoms with Gasteiger partial charge in [-0.05, 0) is 43.2 Å². The van der Waals surface area contributed by atoms with Gasteiger partial charge >= 0.3 is 0 Å². The van der Waals surface area contributed by atoms with E-state index < -0.39 is 11.2 Å². The molecule has 3 aromatic heterocycles. The van der Waals surface area contributed by atoms with Crippen molar-refractivity contribution in [3.8, 4) is 11.4 Å². The molecule has 0 saturated carbocycles. The molecule has 0 radical (unpaired) electrons. The summed E-state index contributed by atoms with van der Waals surface area (Å²) in [7, 11) is 0. The SMILES string of the molecule is Cc1cccc(-n2c(=O)c3ccccc3n3c(SCc4cc(=O)c(O)co4)nnc23)c1C. The van der Waals surface area contributed by atoms with Gasteiger partial charge in [0.15, 0.2) is 10.9 Å². The first-order valence-corrected chi connectivity index (χ1v) is 10.8. The third-order valence-electron chi connectivity index (χ3n) is 5.42. The van der Waals surface area contributed by atoms with Gasteiger partial charge in [-0.3, -0.25) is 14.0 Å². The first-order chi connectivity index (χ1) is 15.5. The van der Waals surface area contributed by atoms with Gasteiger partial charge in [-0.1, -0.05) is 36.0 Å². The first kappa shape index (κ1) is 20.1. The fraction of sp³-hybridized carbons (Fsp3) is 0.130. The highest BCUT2D eigenvalue weighted by molar-refractivity contribution is 7.98. The van der Waals surface area contributed by atoms with E-state index >= 15 is 0 Å². The highest BCUT2D eigenvalue weighted by Crippen LogP contribution is 2.27. The summed E-state index contributed by atoms with van der Waals surface area (Å²) >= 11 is 1.32. The molecule has 1 N–H and O–H groups in total. The molecule has 160 valence electrons. The normalized spacial score (nSPS) is 11.4. The first-order valence-electron chi connectivity index (χ1n) is 9.84. The van der Waals surface area contributed by atoms with Crippen molar-refractivity contribution in [1.29, 1.82) is 0 Å². The molecule has 32 heavy (non-hydrogen) atoms. The summed E-state index contributed by atoms with van der Waals surface area (Å²) in [5, 5.41) is 19.1. The van der Waals surface area contributed by atoms with Gasteiger partial charge in [-0.25, -0.2) is 4.57 Å². The Balaban J connectivity index is 1.72. The van der Waals surface area contributed by atoms with Crippen molar-refractivity contribution in [2.24, 2.45) is 0 Å². The van der Waals surface area contributed by atoms with Crippen molar-refractivity contribution >= 4 is 28.4 Å². The summed E-state index contributed by atoms with van der Waals surface area (Å²) in [5.74, 6) is 0.654. The number of aryl methyl sites for hydroxylation is 1. The van der Waals surface area contributed by atoms with Gasteiger partial charge in [0.2, 0.25) is 11.2 Å². The van der Waals surface area contributed by atoms with Crippen LogP contribution in [0.5, 0.6) is 5.75 Å². The Morgan fingerprint density at radius 3 is 2.69 bits per heavy atom. The molecule has 0 bridgehead atoms. The smallest absolute Gasteiger partial charge is 0.267 e. The zero-order valence-corrected chi connectivity index (χ0v) is 18.1. The summed E-state index contributed by atoms with van der Waals surface area (Å²) in [6.45, 7) is 3.97. The summed E-state index contributed by atoms with van der Waals surface area (Å²) in [5.41, 5.74) is 2.81. The average Bonchev–Trinajstić information content (AvgIpc) is 3.21. The lowest BCUT2D eigenvalue weighted by Crippen LogP contribution is -2.22. The van der Waals surface area contributed by atoms with Crippen LogP contribution >= 0.6 is 11.8 Å². The topological polar surface area (TPSA) is 103 Å². The quantitative estimate of drug-likeness (QED) is 0.421. The number of para-hydroxylation sites is 1. The maximum Gasteiger partial charge on any atom is 0.267 e. The number of hydrogen-bond donors (Lipinski definition) is 1. The fourth-order valence-electron chi connectivity index (χ4n) is 3.62. The van der Waals surface area contributed by atoms with Crippen LogP contribution in [-0.4, -0.2) is 24.3 Å². The Bertz CT molecular complexity index is 1620. The lowest BCUT2D eigenvalue weighted by molar-refractivity contribution is 0.419. The molecule has 0 aliphatic rings. The fourth-order valence-corrected chi connectivity index (χ4v) is 4.45. The molecule has 3 heterocycles. The molecule has 9 heteroatoms. The predicted octanol–water partition coefficient (Wildman–Crippen LogP) is 3.60.